The van der Waals surface area contributed by atoms with E-state index >= 15 is 0 Å². The van der Waals surface area contributed by atoms with Gasteiger partial charge in [0.05, 0.1) is 0 Å². The smallest absolute Gasteiger partial charge is 0.331 e. The Labute approximate surface area is 185 Å². The molecule has 7 nitrogen and oxygen atoms in total. The van der Waals surface area contributed by atoms with Gasteiger partial charge in [-0.25, -0.2) is 4.79 Å². The van der Waals surface area contributed by atoms with Gasteiger partial charge >= 0.3 is 5.97 Å². The van der Waals surface area contributed by atoms with Crippen LogP contribution in [0.25, 0.3) is 6.08 Å². The molecule has 0 heterocycles. The third-order valence-corrected chi connectivity index (χ3v) is 4.34. The SMILES string of the molecule is NC(=O)c1ccc(NC(=O)COC(=O)/C=C/c2ccc(OCc3ccccc3)cc2)cc1. The van der Waals surface area contributed by atoms with Gasteiger partial charge in [-0.05, 0) is 53.6 Å². The Bertz CT molecular complexity index is 1090. The Hall–Kier alpha value is -4.39. The number of amides is 2. The quantitative estimate of drug-likeness (QED) is 0.399. The standard InChI is InChI=1S/C25H22N2O5/c26-25(30)20-9-11-21(12-10-20)27-23(28)17-32-24(29)15-8-18-6-13-22(14-7-18)31-16-19-4-2-1-3-5-19/h1-15H,16-17H2,(H2,26,30)(H,27,28)/b15-8+. The number of nitrogens with one attached hydrogen (secondary N) is 1. The number of rotatable bonds is 9. The molecule has 0 aliphatic carbocycles. The molecule has 0 fully saturated rings. The van der Waals surface area contributed by atoms with Gasteiger partial charge in [0.2, 0.25) is 5.91 Å². The number of ether oxygens (including phenoxy) is 2. The van der Waals surface area contributed by atoms with Crippen LogP contribution >= 0.6 is 0 Å². The first-order valence-electron chi connectivity index (χ1n) is 9.81. The average Bonchev–Trinajstić information content (AvgIpc) is 2.82. The van der Waals surface area contributed by atoms with Crippen molar-refractivity contribution in [1.82, 2.24) is 0 Å². The van der Waals surface area contributed by atoms with Crippen molar-refractivity contribution in [2.75, 3.05) is 11.9 Å². The summed E-state index contributed by atoms with van der Waals surface area (Å²) in [6.45, 7) is 0.0344. The van der Waals surface area contributed by atoms with E-state index in [9.17, 15) is 14.4 Å². The van der Waals surface area contributed by atoms with Gasteiger partial charge in [0.1, 0.15) is 12.4 Å². The molecule has 0 aliphatic rings. The maximum Gasteiger partial charge on any atom is 0.331 e. The van der Waals surface area contributed by atoms with E-state index in [4.69, 9.17) is 15.2 Å². The van der Waals surface area contributed by atoms with Crippen LogP contribution in [0.4, 0.5) is 5.69 Å². The third kappa shape index (κ3) is 7.14. The van der Waals surface area contributed by atoms with Gasteiger partial charge in [0, 0.05) is 17.3 Å². The maximum atomic E-state index is 11.9. The van der Waals surface area contributed by atoms with Gasteiger partial charge in [0.15, 0.2) is 6.61 Å². The zero-order valence-electron chi connectivity index (χ0n) is 17.2. The van der Waals surface area contributed by atoms with Crippen LogP contribution < -0.4 is 15.8 Å². The zero-order valence-corrected chi connectivity index (χ0v) is 17.2. The highest BCUT2D eigenvalue weighted by molar-refractivity contribution is 5.96. The summed E-state index contributed by atoms with van der Waals surface area (Å²) in [7, 11) is 0. The molecule has 0 bridgehead atoms. The summed E-state index contributed by atoms with van der Waals surface area (Å²) >= 11 is 0. The minimum atomic E-state index is -0.645. The number of benzene rings is 3. The van der Waals surface area contributed by atoms with Crippen molar-refractivity contribution >= 4 is 29.5 Å². The van der Waals surface area contributed by atoms with Crippen molar-refractivity contribution in [3.63, 3.8) is 0 Å². The molecule has 0 saturated heterocycles. The summed E-state index contributed by atoms with van der Waals surface area (Å²) in [6.07, 6.45) is 2.83. The van der Waals surface area contributed by atoms with Crippen LogP contribution in [0.2, 0.25) is 0 Å². The van der Waals surface area contributed by atoms with Gasteiger partial charge in [-0.1, -0.05) is 42.5 Å². The van der Waals surface area contributed by atoms with Crippen LogP contribution in [0, 0.1) is 0 Å². The molecule has 2 amide bonds. The molecule has 3 aromatic carbocycles. The van der Waals surface area contributed by atoms with Crippen LogP contribution in [0.5, 0.6) is 5.75 Å². The van der Waals surface area contributed by atoms with E-state index in [2.05, 4.69) is 5.32 Å². The van der Waals surface area contributed by atoms with E-state index in [-0.39, 0.29) is 0 Å². The van der Waals surface area contributed by atoms with Crippen LogP contribution in [0.15, 0.2) is 84.9 Å². The van der Waals surface area contributed by atoms with E-state index < -0.39 is 24.4 Å². The molecule has 0 saturated carbocycles. The predicted octanol–water partition coefficient (Wildman–Crippen LogP) is 3.56. The highest BCUT2D eigenvalue weighted by Gasteiger charge is 2.07. The Morgan fingerprint density at radius 2 is 1.56 bits per heavy atom. The van der Waals surface area contributed by atoms with Crippen LogP contribution in [-0.2, 0) is 20.9 Å². The lowest BCUT2D eigenvalue weighted by Gasteiger charge is -2.06. The molecule has 32 heavy (non-hydrogen) atoms. The van der Waals surface area contributed by atoms with Gasteiger partial charge in [-0.2, -0.15) is 0 Å². The van der Waals surface area contributed by atoms with Crippen molar-refractivity contribution in [1.29, 1.82) is 0 Å². The number of primary amides is 1. The number of hydrogen-bond acceptors (Lipinski definition) is 5. The third-order valence-electron chi connectivity index (χ3n) is 4.34. The number of hydrogen-bond donors (Lipinski definition) is 2. The van der Waals surface area contributed by atoms with Gasteiger partial charge in [-0.3, -0.25) is 9.59 Å². The summed E-state index contributed by atoms with van der Waals surface area (Å²) in [5.41, 5.74) is 7.81. The molecule has 3 rings (SSSR count). The highest BCUT2D eigenvalue weighted by atomic mass is 16.5. The molecule has 0 atom stereocenters. The summed E-state index contributed by atoms with van der Waals surface area (Å²) < 4.78 is 10.7. The summed E-state index contributed by atoms with van der Waals surface area (Å²) in [5, 5.41) is 2.56. The maximum absolute atomic E-state index is 11.9. The topological polar surface area (TPSA) is 108 Å². The molecular weight excluding hydrogens is 408 g/mol. The molecule has 7 heteroatoms. The first kappa shape index (κ1) is 22.3. The van der Waals surface area contributed by atoms with E-state index in [0.29, 0.717) is 23.6 Å². The summed E-state index contributed by atoms with van der Waals surface area (Å²) in [4.78, 5) is 34.8. The fourth-order valence-electron chi connectivity index (χ4n) is 2.68. The second kappa shape index (κ2) is 11.1. The molecular formula is C25H22N2O5. The summed E-state index contributed by atoms with van der Waals surface area (Å²) in [5.74, 6) is -0.987. The highest BCUT2D eigenvalue weighted by Crippen LogP contribution is 2.15. The fraction of sp³-hybridized carbons (Fsp3) is 0.0800. The molecule has 0 unspecified atom stereocenters. The summed E-state index contributed by atoms with van der Waals surface area (Å²) in [6, 6.07) is 23.1. The minimum absolute atomic E-state index is 0.329. The lowest BCUT2D eigenvalue weighted by molar-refractivity contribution is -0.142. The monoisotopic (exact) mass is 430 g/mol. The zero-order chi connectivity index (χ0) is 22.8. The minimum Gasteiger partial charge on any atom is -0.489 e. The molecule has 162 valence electrons. The Kier molecular flexibility index (Phi) is 7.75. The number of carbonyl (C=O) groups excluding carboxylic acids is 3. The van der Waals surface area contributed by atoms with E-state index in [1.54, 1.807) is 6.08 Å². The first-order chi connectivity index (χ1) is 15.5. The molecule has 0 radical (unpaired) electrons. The number of carbonyl (C=O) groups is 3. The normalized spacial score (nSPS) is 10.5. The first-order valence-corrected chi connectivity index (χ1v) is 9.81. The van der Waals surface area contributed by atoms with Crippen LogP contribution in [0.3, 0.4) is 0 Å². The second-order valence-corrected chi connectivity index (χ2v) is 6.77. The lowest BCUT2D eigenvalue weighted by atomic mass is 10.2. The number of anilines is 1. The number of nitrogens with two attached hydrogens (primary N) is 1. The Morgan fingerprint density at radius 3 is 2.22 bits per heavy atom. The Morgan fingerprint density at radius 1 is 0.875 bits per heavy atom. The van der Waals surface area contributed by atoms with E-state index in [1.165, 1.54) is 30.3 Å². The molecule has 3 aromatic rings. The Balaban J connectivity index is 1.41. The van der Waals surface area contributed by atoms with Gasteiger partial charge in [0.25, 0.3) is 5.91 Å². The van der Waals surface area contributed by atoms with Crippen LogP contribution in [-0.4, -0.2) is 24.4 Å². The van der Waals surface area contributed by atoms with Crippen molar-refractivity contribution < 1.29 is 23.9 Å². The lowest BCUT2D eigenvalue weighted by Crippen LogP contribution is -2.20. The molecule has 3 N–H and O–H groups in total. The van der Waals surface area contributed by atoms with Crippen molar-refractivity contribution in [3.8, 4) is 5.75 Å². The average molecular weight is 430 g/mol. The van der Waals surface area contributed by atoms with Crippen LogP contribution in [0.1, 0.15) is 21.5 Å². The molecule has 0 spiro atoms. The van der Waals surface area contributed by atoms with Crippen molar-refractivity contribution in [3.05, 3.63) is 102 Å². The van der Waals surface area contributed by atoms with Gasteiger partial charge in [-0.15, -0.1) is 0 Å². The predicted molar refractivity (Wildman–Crippen MR) is 121 cm³/mol. The van der Waals surface area contributed by atoms with Crippen molar-refractivity contribution in [2.24, 2.45) is 5.73 Å². The van der Waals surface area contributed by atoms with Crippen molar-refractivity contribution in [2.45, 2.75) is 6.61 Å². The molecule has 0 aromatic heterocycles. The number of esters is 1. The van der Waals surface area contributed by atoms with Gasteiger partial charge < -0.3 is 20.5 Å². The largest absolute Gasteiger partial charge is 0.489 e. The van der Waals surface area contributed by atoms with E-state index in [0.717, 1.165) is 11.1 Å². The van der Waals surface area contributed by atoms with E-state index in [1.807, 2.05) is 54.6 Å². The second-order valence-electron chi connectivity index (χ2n) is 6.77. The molecule has 0 aliphatic heterocycles. The fourth-order valence-corrected chi connectivity index (χ4v) is 2.68.